The first-order chi connectivity index (χ1) is 14.5. The number of esters is 1. The Morgan fingerprint density at radius 1 is 1.13 bits per heavy atom. The highest BCUT2D eigenvalue weighted by molar-refractivity contribution is 5.89. The molecule has 0 amide bonds. The molecule has 0 saturated heterocycles. The van der Waals surface area contributed by atoms with E-state index < -0.39 is 17.2 Å². The Bertz CT molecular complexity index is 1210. The number of fused-ring (bicyclic) bond motifs is 1. The van der Waals surface area contributed by atoms with Crippen molar-refractivity contribution in [3.8, 4) is 6.07 Å². The molecular weight excluding hydrogens is 386 g/mol. The lowest BCUT2D eigenvalue weighted by Gasteiger charge is -2.08. The molecular formula is C21H23N5O4. The monoisotopic (exact) mass is 409 g/mol. The summed E-state index contributed by atoms with van der Waals surface area (Å²) in [6, 6.07) is 8.10. The number of nitrogens with zero attached hydrogens (tertiary/aromatic N) is 4. The third-order valence-electron chi connectivity index (χ3n) is 4.73. The van der Waals surface area contributed by atoms with Gasteiger partial charge in [0.25, 0.3) is 5.56 Å². The van der Waals surface area contributed by atoms with Gasteiger partial charge in [-0.2, -0.15) is 5.26 Å². The molecule has 0 bridgehead atoms. The molecule has 2 aromatic heterocycles. The molecule has 0 unspecified atom stereocenters. The highest BCUT2D eigenvalue weighted by Crippen LogP contribution is 2.15. The van der Waals surface area contributed by atoms with Crippen molar-refractivity contribution in [1.29, 1.82) is 5.26 Å². The summed E-state index contributed by atoms with van der Waals surface area (Å²) in [5.74, 6) is -0.165. The minimum absolute atomic E-state index is 0.144. The number of carbonyl (C=O) groups is 1. The number of unbranched alkanes of at least 4 members (excludes halogenated alkanes) is 1. The third kappa shape index (κ3) is 4.17. The molecule has 0 aliphatic heterocycles. The second-order valence-corrected chi connectivity index (χ2v) is 6.88. The molecule has 0 aliphatic carbocycles. The van der Waals surface area contributed by atoms with E-state index in [4.69, 9.17) is 10.00 Å². The summed E-state index contributed by atoms with van der Waals surface area (Å²) in [4.78, 5) is 44.0. The summed E-state index contributed by atoms with van der Waals surface area (Å²) in [6.07, 6.45) is 2.39. The van der Waals surface area contributed by atoms with Gasteiger partial charge in [0.05, 0.1) is 17.2 Å². The van der Waals surface area contributed by atoms with E-state index in [0.717, 1.165) is 19.3 Å². The number of aromatic amines is 1. The van der Waals surface area contributed by atoms with Gasteiger partial charge in [0, 0.05) is 13.1 Å². The standard InChI is InChI=1S/C21H23N5O4/c1-3-5-11-26-18-17(19(27)24-21(26)29)25(10-4-2)16(23-18)13-30-20(28)15-8-6-14(12-22)7-9-15/h6-9H,3-5,10-11,13H2,1-2H3,(H,24,27,29). The molecule has 9 nitrogen and oxygen atoms in total. The van der Waals surface area contributed by atoms with Crippen LogP contribution in [-0.2, 0) is 24.4 Å². The summed E-state index contributed by atoms with van der Waals surface area (Å²) in [6.45, 7) is 4.76. The summed E-state index contributed by atoms with van der Waals surface area (Å²) in [5, 5.41) is 8.86. The summed E-state index contributed by atoms with van der Waals surface area (Å²) in [5.41, 5.74) is 0.356. The molecule has 1 aromatic carbocycles. The van der Waals surface area contributed by atoms with Gasteiger partial charge in [0.2, 0.25) is 0 Å². The van der Waals surface area contributed by atoms with Gasteiger partial charge >= 0.3 is 11.7 Å². The van der Waals surface area contributed by atoms with Crippen LogP contribution in [0.5, 0.6) is 0 Å². The van der Waals surface area contributed by atoms with E-state index in [1.165, 1.54) is 28.8 Å². The quantitative estimate of drug-likeness (QED) is 0.570. The number of carbonyl (C=O) groups excluding carboxylic acids is 1. The lowest BCUT2D eigenvalue weighted by atomic mass is 10.1. The number of nitrogens with one attached hydrogen (secondary N) is 1. The van der Waals surface area contributed by atoms with Crippen molar-refractivity contribution in [2.45, 2.75) is 52.8 Å². The minimum Gasteiger partial charge on any atom is -0.454 e. The van der Waals surface area contributed by atoms with E-state index >= 15 is 0 Å². The number of hydrogen-bond acceptors (Lipinski definition) is 6. The second-order valence-electron chi connectivity index (χ2n) is 6.88. The van der Waals surface area contributed by atoms with Gasteiger partial charge in [-0.3, -0.25) is 14.3 Å². The first kappa shape index (κ1) is 21.0. The highest BCUT2D eigenvalue weighted by Gasteiger charge is 2.19. The van der Waals surface area contributed by atoms with Crippen LogP contribution in [0.4, 0.5) is 0 Å². The zero-order valence-corrected chi connectivity index (χ0v) is 17.0. The summed E-state index contributed by atoms with van der Waals surface area (Å²) < 4.78 is 8.54. The molecule has 3 aromatic rings. The molecule has 9 heteroatoms. The number of rotatable bonds is 8. The molecule has 0 saturated carbocycles. The van der Waals surface area contributed by atoms with Crippen LogP contribution in [0, 0.1) is 11.3 Å². The van der Waals surface area contributed by atoms with Gasteiger partial charge in [0.1, 0.15) is 12.4 Å². The predicted octanol–water partition coefficient (Wildman–Crippen LogP) is 2.33. The molecule has 0 aliphatic rings. The normalized spacial score (nSPS) is 10.8. The molecule has 30 heavy (non-hydrogen) atoms. The fourth-order valence-corrected chi connectivity index (χ4v) is 3.21. The maximum Gasteiger partial charge on any atom is 0.338 e. The van der Waals surface area contributed by atoms with Crippen LogP contribution < -0.4 is 11.2 Å². The van der Waals surface area contributed by atoms with Crippen LogP contribution in [-0.4, -0.2) is 25.1 Å². The van der Waals surface area contributed by atoms with E-state index in [1.807, 2.05) is 19.9 Å². The average Bonchev–Trinajstić information content (AvgIpc) is 3.11. The van der Waals surface area contributed by atoms with Crippen molar-refractivity contribution >= 4 is 17.1 Å². The van der Waals surface area contributed by atoms with Crippen molar-refractivity contribution in [2.75, 3.05) is 0 Å². The van der Waals surface area contributed by atoms with E-state index in [1.54, 1.807) is 4.57 Å². The van der Waals surface area contributed by atoms with Crippen LogP contribution in [0.15, 0.2) is 33.9 Å². The molecule has 3 rings (SSSR count). The van der Waals surface area contributed by atoms with Crippen molar-refractivity contribution in [3.05, 3.63) is 62.1 Å². The molecule has 0 fully saturated rings. The number of nitriles is 1. The van der Waals surface area contributed by atoms with Gasteiger partial charge in [0.15, 0.2) is 11.2 Å². The van der Waals surface area contributed by atoms with Crippen molar-refractivity contribution in [2.24, 2.45) is 0 Å². The SMILES string of the molecule is CCCCn1c(=O)[nH]c(=O)c2c1nc(COC(=O)c1ccc(C#N)cc1)n2CCC. The first-order valence-corrected chi connectivity index (χ1v) is 9.89. The number of imidazole rings is 1. The Morgan fingerprint density at radius 2 is 1.87 bits per heavy atom. The zero-order chi connectivity index (χ0) is 21.7. The van der Waals surface area contributed by atoms with Gasteiger partial charge in [-0.1, -0.05) is 20.3 Å². The van der Waals surface area contributed by atoms with Crippen molar-refractivity contribution in [3.63, 3.8) is 0 Å². The van der Waals surface area contributed by atoms with E-state index in [2.05, 4.69) is 9.97 Å². The summed E-state index contributed by atoms with van der Waals surface area (Å²) in [7, 11) is 0. The van der Waals surface area contributed by atoms with Gasteiger partial charge < -0.3 is 9.30 Å². The Hall–Kier alpha value is -3.67. The molecule has 0 spiro atoms. The van der Waals surface area contributed by atoms with Crippen LogP contribution >= 0.6 is 0 Å². The van der Waals surface area contributed by atoms with Crippen LogP contribution in [0.1, 0.15) is 54.9 Å². The van der Waals surface area contributed by atoms with Crippen molar-refractivity contribution in [1.82, 2.24) is 19.1 Å². The lowest BCUT2D eigenvalue weighted by Crippen LogP contribution is -2.31. The second kappa shape index (κ2) is 9.22. The highest BCUT2D eigenvalue weighted by atomic mass is 16.5. The number of ether oxygens (including phenoxy) is 1. The molecule has 0 atom stereocenters. The Morgan fingerprint density at radius 3 is 2.50 bits per heavy atom. The number of benzene rings is 1. The average molecular weight is 409 g/mol. The zero-order valence-electron chi connectivity index (χ0n) is 17.0. The smallest absolute Gasteiger partial charge is 0.338 e. The minimum atomic E-state index is -0.563. The topological polar surface area (TPSA) is 123 Å². The Kier molecular flexibility index (Phi) is 6.47. The molecule has 0 radical (unpaired) electrons. The number of aromatic nitrogens is 4. The Labute approximate surface area is 172 Å². The van der Waals surface area contributed by atoms with E-state index in [-0.39, 0.29) is 6.61 Å². The maximum absolute atomic E-state index is 12.5. The van der Waals surface area contributed by atoms with Gasteiger partial charge in [-0.05, 0) is 37.1 Å². The third-order valence-corrected chi connectivity index (χ3v) is 4.73. The van der Waals surface area contributed by atoms with Crippen LogP contribution in [0.3, 0.4) is 0 Å². The van der Waals surface area contributed by atoms with E-state index in [9.17, 15) is 14.4 Å². The van der Waals surface area contributed by atoms with Crippen molar-refractivity contribution < 1.29 is 9.53 Å². The number of H-pyrrole nitrogens is 1. The predicted molar refractivity (Wildman–Crippen MR) is 110 cm³/mol. The summed E-state index contributed by atoms with van der Waals surface area (Å²) >= 11 is 0. The Balaban J connectivity index is 1.96. The number of hydrogen-bond donors (Lipinski definition) is 1. The van der Waals surface area contributed by atoms with E-state index in [0.29, 0.717) is 41.2 Å². The molecule has 156 valence electrons. The number of aryl methyl sites for hydroxylation is 2. The molecule has 2 heterocycles. The fourth-order valence-electron chi connectivity index (χ4n) is 3.21. The largest absolute Gasteiger partial charge is 0.454 e. The fraction of sp³-hybridized carbons (Fsp3) is 0.381. The lowest BCUT2D eigenvalue weighted by molar-refractivity contribution is 0.0458. The van der Waals surface area contributed by atoms with Gasteiger partial charge in [-0.15, -0.1) is 0 Å². The first-order valence-electron chi connectivity index (χ1n) is 9.89. The maximum atomic E-state index is 12.5. The van der Waals surface area contributed by atoms with Crippen LogP contribution in [0.2, 0.25) is 0 Å². The van der Waals surface area contributed by atoms with Gasteiger partial charge in [-0.25, -0.2) is 14.6 Å². The molecule has 1 N–H and O–H groups in total. The van der Waals surface area contributed by atoms with Crippen LogP contribution in [0.25, 0.3) is 11.2 Å².